The van der Waals surface area contributed by atoms with Crippen LogP contribution in [0.2, 0.25) is 0 Å². The van der Waals surface area contributed by atoms with Gasteiger partial charge < -0.3 is 20.3 Å². The third-order valence-electron chi connectivity index (χ3n) is 4.35. The van der Waals surface area contributed by atoms with Gasteiger partial charge in [0, 0.05) is 12.0 Å². The lowest BCUT2D eigenvalue weighted by atomic mass is 9.77. The van der Waals surface area contributed by atoms with Gasteiger partial charge in [-0.1, -0.05) is 12.8 Å². The van der Waals surface area contributed by atoms with Crippen LogP contribution in [-0.2, 0) is 0 Å². The van der Waals surface area contributed by atoms with Crippen molar-refractivity contribution in [2.45, 2.75) is 31.8 Å². The van der Waals surface area contributed by atoms with Crippen molar-refractivity contribution >= 4 is 15.9 Å². The molecule has 2 aliphatic rings. The molecule has 4 nitrogen and oxygen atoms in total. The van der Waals surface area contributed by atoms with E-state index in [1.807, 2.05) is 12.1 Å². The van der Waals surface area contributed by atoms with Crippen LogP contribution in [0.4, 0.5) is 0 Å². The monoisotopic (exact) mass is 327 g/mol. The third-order valence-corrected chi connectivity index (χ3v) is 4.94. The van der Waals surface area contributed by atoms with Gasteiger partial charge in [-0.3, -0.25) is 0 Å². The van der Waals surface area contributed by atoms with Crippen LogP contribution in [0.25, 0.3) is 0 Å². The molecule has 1 saturated carbocycles. The average molecular weight is 328 g/mol. The minimum absolute atomic E-state index is 0.187. The number of hydrogen-bond donors (Lipinski definition) is 2. The van der Waals surface area contributed by atoms with E-state index in [-0.39, 0.29) is 12.2 Å². The summed E-state index contributed by atoms with van der Waals surface area (Å²) < 4.78 is 11.6. The van der Waals surface area contributed by atoms with Crippen LogP contribution >= 0.6 is 15.9 Å². The maximum absolute atomic E-state index is 10.7. The van der Waals surface area contributed by atoms with Crippen molar-refractivity contribution in [3.8, 4) is 11.5 Å². The molecule has 1 fully saturated rings. The highest BCUT2D eigenvalue weighted by molar-refractivity contribution is 9.10. The van der Waals surface area contributed by atoms with E-state index >= 15 is 0 Å². The summed E-state index contributed by atoms with van der Waals surface area (Å²) in [4.78, 5) is 0. The normalized spacial score (nSPS) is 21.6. The minimum atomic E-state index is -0.550. The second-order valence-electron chi connectivity index (χ2n) is 5.41. The first-order chi connectivity index (χ1) is 9.16. The zero-order chi connectivity index (χ0) is 13.5. The molecular formula is C14H18BrNO3. The van der Waals surface area contributed by atoms with E-state index in [0.29, 0.717) is 18.0 Å². The first-order valence-corrected chi connectivity index (χ1v) is 7.43. The van der Waals surface area contributed by atoms with E-state index in [0.717, 1.165) is 35.7 Å². The van der Waals surface area contributed by atoms with Crippen molar-refractivity contribution in [1.82, 2.24) is 0 Å². The summed E-state index contributed by atoms with van der Waals surface area (Å²) in [5.41, 5.74) is 6.59. The lowest BCUT2D eigenvalue weighted by molar-refractivity contribution is 0.0331. The first kappa shape index (κ1) is 13.2. The van der Waals surface area contributed by atoms with Crippen LogP contribution in [0.3, 0.4) is 0 Å². The Morgan fingerprint density at radius 1 is 1.32 bits per heavy atom. The summed E-state index contributed by atoms with van der Waals surface area (Å²) in [6.07, 6.45) is 3.69. The van der Waals surface area contributed by atoms with Crippen molar-refractivity contribution in [3.63, 3.8) is 0 Å². The number of rotatable bonds is 3. The fourth-order valence-corrected chi connectivity index (χ4v) is 3.74. The van der Waals surface area contributed by atoms with E-state index in [4.69, 9.17) is 15.2 Å². The van der Waals surface area contributed by atoms with Crippen molar-refractivity contribution in [2.24, 2.45) is 11.1 Å². The van der Waals surface area contributed by atoms with Crippen molar-refractivity contribution < 1.29 is 14.6 Å². The van der Waals surface area contributed by atoms with Crippen LogP contribution in [0, 0.1) is 5.41 Å². The summed E-state index contributed by atoms with van der Waals surface area (Å²) in [6, 6.07) is 3.78. The Labute approximate surface area is 121 Å². The summed E-state index contributed by atoms with van der Waals surface area (Å²) in [5.74, 6) is 1.40. The molecule has 0 radical (unpaired) electrons. The molecule has 5 heteroatoms. The van der Waals surface area contributed by atoms with E-state index in [1.54, 1.807) is 0 Å². The highest BCUT2D eigenvalue weighted by atomic mass is 79.9. The van der Waals surface area contributed by atoms with Gasteiger partial charge in [-0.15, -0.1) is 0 Å². The number of nitrogens with two attached hydrogens (primary N) is 1. The Morgan fingerprint density at radius 3 is 2.74 bits per heavy atom. The quantitative estimate of drug-likeness (QED) is 0.895. The zero-order valence-electron chi connectivity index (χ0n) is 10.7. The molecule has 3 N–H and O–H groups in total. The number of aliphatic hydroxyl groups is 1. The minimum Gasteiger partial charge on any atom is -0.454 e. The molecule has 1 unspecified atom stereocenters. The van der Waals surface area contributed by atoms with Gasteiger partial charge in [0.2, 0.25) is 6.79 Å². The molecule has 3 rings (SSSR count). The smallest absolute Gasteiger partial charge is 0.231 e. The van der Waals surface area contributed by atoms with E-state index < -0.39 is 6.10 Å². The predicted molar refractivity (Wildman–Crippen MR) is 75.2 cm³/mol. The highest BCUT2D eigenvalue weighted by Gasteiger charge is 2.40. The number of ether oxygens (including phenoxy) is 2. The standard InChI is InChI=1S/C14H18BrNO3/c15-10-5-9(6-11-12(10)19-8-18-11)13(17)14(7-16)3-1-2-4-14/h5-6,13,17H,1-4,7-8,16H2. The van der Waals surface area contributed by atoms with Crippen molar-refractivity contribution in [2.75, 3.05) is 13.3 Å². The molecule has 0 aromatic heterocycles. The maximum Gasteiger partial charge on any atom is 0.231 e. The number of halogens is 1. The molecule has 19 heavy (non-hydrogen) atoms. The summed E-state index contributed by atoms with van der Waals surface area (Å²) in [5, 5.41) is 10.7. The molecule has 1 aromatic rings. The largest absolute Gasteiger partial charge is 0.454 e. The van der Waals surface area contributed by atoms with Crippen LogP contribution in [0.5, 0.6) is 11.5 Å². The molecule has 0 amide bonds. The molecule has 1 aromatic carbocycles. The van der Waals surface area contributed by atoms with Gasteiger partial charge in [-0.2, -0.15) is 0 Å². The van der Waals surface area contributed by atoms with Gasteiger partial charge >= 0.3 is 0 Å². The predicted octanol–water partition coefficient (Wildman–Crippen LogP) is 2.73. The summed E-state index contributed by atoms with van der Waals surface area (Å²) >= 11 is 3.47. The van der Waals surface area contributed by atoms with Gasteiger partial charge in [-0.05, 0) is 46.5 Å². The van der Waals surface area contributed by atoms with Crippen LogP contribution in [0.1, 0.15) is 37.4 Å². The molecule has 1 atom stereocenters. The van der Waals surface area contributed by atoms with Gasteiger partial charge in [0.1, 0.15) is 0 Å². The molecule has 0 saturated heterocycles. The fourth-order valence-electron chi connectivity index (χ4n) is 3.17. The van der Waals surface area contributed by atoms with Crippen molar-refractivity contribution in [1.29, 1.82) is 0 Å². The zero-order valence-corrected chi connectivity index (χ0v) is 12.3. The third kappa shape index (κ3) is 2.14. The SMILES string of the molecule is NCC1(C(O)c2cc(Br)c3c(c2)OCO3)CCCC1. The Hall–Kier alpha value is -0.780. The van der Waals surface area contributed by atoms with Gasteiger partial charge in [0.15, 0.2) is 11.5 Å². The van der Waals surface area contributed by atoms with Crippen LogP contribution < -0.4 is 15.2 Å². The lowest BCUT2D eigenvalue weighted by Crippen LogP contribution is -2.34. The second-order valence-corrected chi connectivity index (χ2v) is 6.27. The Kier molecular flexibility index (Phi) is 3.45. The van der Waals surface area contributed by atoms with Crippen molar-refractivity contribution in [3.05, 3.63) is 22.2 Å². The highest BCUT2D eigenvalue weighted by Crippen LogP contribution is 2.49. The van der Waals surface area contributed by atoms with Crippen LogP contribution in [0.15, 0.2) is 16.6 Å². The summed E-state index contributed by atoms with van der Waals surface area (Å²) in [7, 11) is 0. The topological polar surface area (TPSA) is 64.7 Å². The molecule has 104 valence electrons. The number of benzene rings is 1. The molecule has 1 aliphatic carbocycles. The van der Waals surface area contributed by atoms with E-state index in [2.05, 4.69) is 15.9 Å². The molecule has 1 aliphatic heterocycles. The van der Waals surface area contributed by atoms with Gasteiger partial charge in [-0.25, -0.2) is 0 Å². The second kappa shape index (κ2) is 4.96. The first-order valence-electron chi connectivity index (χ1n) is 6.63. The van der Waals surface area contributed by atoms with E-state index in [9.17, 15) is 5.11 Å². The Balaban J connectivity index is 1.95. The lowest BCUT2D eigenvalue weighted by Gasteiger charge is -2.33. The number of fused-ring (bicyclic) bond motifs is 1. The molecule has 0 spiro atoms. The summed E-state index contributed by atoms with van der Waals surface area (Å²) in [6.45, 7) is 0.746. The molecule has 1 heterocycles. The number of aliphatic hydroxyl groups excluding tert-OH is 1. The molecule has 0 bridgehead atoms. The fraction of sp³-hybridized carbons (Fsp3) is 0.571. The van der Waals surface area contributed by atoms with Crippen LogP contribution in [-0.4, -0.2) is 18.4 Å². The number of hydrogen-bond acceptors (Lipinski definition) is 4. The Morgan fingerprint density at radius 2 is 2.05 bits per heavy atom. The van der Waals surface area contributed by atoms with Gasteiger partial charge in [0.25, 0.3) is 0 Å². The Bertz CT molecular complexity index is 486. The van der Waals surface area contributed by atoms with Gasteiger partial charge in [0.05, 0.1) is 10.6 Å². The maximum atomic E-state index is 10.7. The van der Waals surface area contributed by atoms with E-state index in [1.165, 1.54) is 0 Å². The molecular weight excluding hydrogens is 310 g/mol. The average Bonchev–Trinajstić information content (AvgIpc) is 3.07.